The molecule has 1 atom stereocenters. The van der Waals surface area contributed by atoms with E-state index >= 15 is 0 Å². The van der Waals surface area contributed by atoms with Crippen LogP contribution in [-0.2, 0) is 19.4 Å². The van der Waals surface area contributed by atoms with Crippen molar-refractivity contribution in [2.45, 2.75) is 57.0 Å². The van der Waals surface area contributed by atoms with Crippen LogP contribution in [-0.4, -0.2) is 55.3 Å². The van der Waals surface area contributed by atoms with E-state index in [-0.39, 0.29) is 17.6 Å². The number of rotatable bonds is 4. The van der Waals surface area contributed by atoms with Gasteiger partial charge in [-0.15, -0.1) is 0 Å². The largest absolute Gasteiger partial charge is 0.340 e. The van der Waals surface area contributed by atoms with E-state index in [1.807, 2.05) is 0 Å². The number of nitrogens with zero attached hydrogens (tertiary/aromatic N) is 1. The number of carbonyl (C=O) groups excluding carboxylic acids is 2. The molecular weight excluding hydrogens is 292 g/mol. The van der Waals surface area contributed by atoms with E-state index in [0.717, 1.165) is 19.3 Å². The highest BCUT2D eigenvalue weighted by molar-refractivity contribution is 7.90. The standard InChI is InChI=1S/C14H24N2O4S/c1-11-12(17)15-14(7-4-3-5-8-14)13(18)16(11)9-6-10-21(2,19)20/h11H,3-10H2,1-2H3,(H,15,17). The van der Waals surface area contributed by atoms with Crippen molar-refractivity contribution in [1.82, 2.24) is 10.2 Å². The summed E-state index contributed by atoms with van der Waals surface area (Å²) in [7, 11) is -3.05. The summed E-state index contributed by atoms with van der Waals surface area (Å²) in [6.07, 6.45) is 5.91. The van der Waals surface area contributed by atoms with E-state index in [0.29, 0.717) is 25.8 Å². The molecule has 1 spiro atoms. The van der Waals surface area contributed by atoms with Crippen LogP contribution in [0.25, 0.3) is 0 Å². The van der Waals surface area contributed by atoms with Gasteiger partial charge in [-0.05, 0) is 26.2 Å². The summed E-state index contributed by atoms with van der Waals surface area (Å²) in [4.78, 5) is 26.5. The second-order valence-corrected chi connectivity index (χ2v) is 8.55. The maximum Gasteiger partial charge on any atom is 0.248 e. The third-order valence-electron chi connectivity index (χ3n) is 4.50. The quantitative estimate of drug-likeness (QED) is 0.817. The Morgan fingerprint density at radius 3 is 2.43 bits per heavy atom. The third-order valence-corrected chi connectivity index (χ3v) is 5.53. The molecule has 1 heterocycles. The highest BCUT2D eigenvalue weighted by atomic mass is 32.2. The first-order chi connectivity index (χ1) is 9.75. The lowest BCUT2D eigenvalue weighted by Crippen LogP contribution is -2.70. The zero-order valence-corrected chi connectivity index (χ0v) is 13.5. The van der Waals surface area contributed by atoms with Crippen LogP contribution >= 0.6 is 0 Å². The van der Waals surface area contributed by atoms with Crippen LogP contribution in [0.15, 0.2) is 0 Å². The third kappa shape index (κ3) is 3.56. The topological polar surface area (TPSA) is 83.6 Å². The lowest BCUT2D eigenvalue weighted by Gasteiger charge is -2.46. The van der Waals surface area contributed by atoms with Gasteiger partial charge in [0.1, 0.15) is 21.4 Å². The summed E-state index contributed by atoms with van der Waals surface area (Å²) in [6, 6.07) is -0.524. The summed E-state index contributed by atoms with van der Waals surface area (Å²) >= 11 is 0. The second-order valence-electron chi connectivity index (χ2n) is 6.29. The van der Waals surface area contributed by atoms with Gasteiger partial charge in [0, 0.05) is 12.8 Å². The van der Waals surface area contributed by atoms with Crippen LogP contribution in [0.3, 0.4) is 0 Å². The highest BCUT2D eigenvalue weighted by Crippen LogP contribution is 2.33. The van der Waals surface area contributed by atoms with Crippen molar-refractivity contribution in [3.63, 3.8) is 0 Å². The molecule has 0 radical (unpaired) electrons. The van der Waals surface area contributed by atoms with Crippen molar-refractivity contribution in [3.8, 4) is 0 Å². The van der Waals surface area contributed by atoms with Crippen molar-refractivity contribution >= 4 is 21.7 Å². The molecule has 0 aromatic heterocycles. The fourth-order valence-corrected chi connectivity index (χ4v) is 3.93. The van der Waals surface area contributed by atoms with Gasteiger partial charge in [0.25, 0.3) is 0 Å². The van der Waals surface area contributed by atoms with E-state index in [4.69, 9.17) is 0 Å². The Bertz CT molecular complexity index is 523. The Labute approximate surface area is 126 Å². The number of hydrogen-bond donors (Lipinski definition) is 1. The van der Waals surface area contributed by atoms with Crippen LogP contribution in [0.4, 0.5) is 0 Å². The van der Waals surface area contributed by atoms with Crippen LogP contribution in [0.1, 0.15) is 45.4 Å². The molecule has 120 valence electrons. The zero-order valence-electron chi connectivity index (χ0n) is 12.7. The van der Waals surface area contributed by atoms with Crippen LogP contribution in [0, 0.1) is 0 Å². The predicted octanol–water partition coefficient (Wildman–Crippen LogP) is 0.471. The molecule has 2 aliphatic rings. The second kappa shape index (κ2) is 5.94. The maximum atomic E-state index is 12.8. The Hall–Kier alpha value is -1.11. The van der Waals surface area contributed by atoms with E-state index in [2.05, 4.69) is 5.32 Å². The summed E-state index contributed by atoms with van der Waals surface area (Å²) in [5, 5.41) is 2.92. The van der Waals surface area contributed by atoms with Crippen molar-refractivity contribution < 1.29 is 18.0 Å². The summed E-state index contributed by atoms with van der Waals surface area (Å²) in [5.74, 6) is -0.128. The molecule has 1 aliphatic heterocycles. The smallest absolute Gasteiger partial charge is 0.248 e. The number of carbonyl (C=O) groups is 2. The van der Waals surface area contributed by atoms with Crippen molar-refractivity contribution in [1.29, 1.82) is 0 Å². The van der Waals surface area contributed by atoms with Crippen molar-refractivity contribution in [3.05, 3.63) is 0 Å². The Morgan fingerprint density at radius 1 is 1.24 bits per heavy atom. The Morgan fingerprint density at radius 2 is 1.86 bits per heavy atom. The summed E-state index contributed by atoms with van der Waals surface area (Å²) in [6.45, 7) is 2.02. The van der Waals surface area contributed by atoms with E-state index < -0.39 is 21.4 Å². The number of amides is 2. The highest BCUT2D eigenvalue weighted by Gasteiger charge is 2.49. The zero-order chi connectivity index (χ0) is 15.7. The molecule has 21 heavy (non-hydrogen) atoms. The van der Waals surface area contributed by atoms with Gasteiger partial charge in [0.2, 0.25) is 11.8 Å². The SMILES string of the molecule is CC1C(=O)NC2(CCCCC2)C(=O)N1CCCS(C)(=O)=O. The van der Waals surface area contributed by atoms with Crippen molar-refractivity contribution in [2.24, 2.45) is 0 Å². The molecule has 0 aromatic rings. The minimum absolute atomic E-state index is 0.0391. The average molecular weight is 316 g/mol. The molecular formula is C14H24N2O4S. The van der Waals surface area contributed by atoms with Gasteiger partial charge in [-0.2, -0.15) is 0 Å². The normalized spacial score (nSPS) is 26.0. The summed E-state index contributed by atoms with van der Waals surface area (Å²) in [5.41, 5.74) is -0.743. The molecule has 6 nitrogen and oxygen atoms in total. The maximum absolute atomic E-state index is 12.8. The van der Waals surface area contributed by atoms with Crippen LogP contribution in [0.5, 0.6) is 0 Å². The van der Waals surface area contributed by atoms with Gasteiger partial charge in [-0.1, -0.05) is 19.3 Å². The molecule has 1 saturated carbocycles. The molecule has 0 aromatic carbocycles. The first-order valence-electron chi connectivity index (χ1n) is 7.56. The molecule has 1 N–H and O–H groups in total. The molecule has 7 heteroatoms. The fourth-order valence-electron chi connectivity index (χ4n) is 3.27. The molecule has 1 aliphatic carbocycles. The Balaban J connectivity index is 2.10. The Kier molecular flexibility index (Phi) is 4.60. The number of hydrogen-bond acceptors (Lipinski definition) is 4. The molecule has 0 bridgehead atoms. The monoisotopic (exact) mass is 316 g/mol. The first-order valence-corrected chi connectivity index (χ1v) is 9.62. The van der Waals surface area contributed by atoms with E-state index in [1.165, 1.54) is 6.26 Å². The lowest BCUT2D eigenvalue weighted by molar-refractivity contribution is -0.156. The molecule has 1 saturated heterocycles. The average Bonchev–Trinajstić information content (AvgIpc) is 2.40. The van der Waals surface area contributed by atoms with E-state index in [9.17, 15) is 18.0 Å². The van der Waals surface area contributed by atoms with Crippen molar-refractivity contribution in [2.75, 3.05) is 18.6 Å². The first kappa shape index (κ1) is 16.3. The number of nitrogens with one attached hydrogen (secondary N) is 1. The lowest BCUT2D eigenvalue weighted by atomic mass is 9.78. The molecule has 2 amide bonds. The van der Waals surface area contributed by atoms with Crippen LogP contribution in [0.2, 0.25) is 0 Å². The molecule has 2 rings (SSSR count). The minimum Gasteiger partial charge on any atom is -0.340 e. The summed E-state index contributed by atoms with van der Waals surface area (Å²) < 4.78 is 22.4. The van der Waals surface area contributed by atoms with Gasteiger partial charge in [-0.25, -0.2) is 8.42 Å². The van der Waals surface area contributed by atoms with Gasteiger partial charge < -0.3 is 10.2 Å². The van der Waals surface area contributed by atoms with Crippen LogP contribution < -0.4 is 5.32 Å². The molecule has 2 fully saturated rings. The number of piperazine rings is 1. The molecule has 1 unspecified atom stereocenters. The van der Waals surface area contributed by atoms with Gasteiger partial charge in [0.05, 0.1) is 5.75 Å². The predicted molar refractivity (Wildman–Crippen MR) is 79.5 cm³/mol. The number of sulfone groups is 1. The van der Waals surface area contributed by atoms with Gasteiger partial charge in [-0.3, -0.25) is 9.59 Å². The fraction of sp³-hybridized carbons (Fsp3) is 0.857. The van der Waals surface area contributed by atoms with Gasteiger partial charge >= 0.3 is 0 Å². The van der Waals surface area contributed by atoms with E-state index in [1.54, 1.807) is 11.8 Å². The minimum atomic E-state index is -3.05. The van der Waals surface area contributed by atoms with Gasteiger partial charge in [0.15, 0.2) is 0 Å².